The molecule has 2 aromatic carbocycles. The Morgan fingerprint density at radius 1 is 0.708 bits per heavy atom. The third kappa shape index (κ3) is 2.42. The Morgan fingerprint density at radius 2 is 1.17 bits per heavy atom. The highest BCUT2D eigenvalue weighted by Gasteiger charge is 2.18. The van der Waals surface area contributed by atoms with Gasteiger partial charge in [-0.25, -0.2) is 19.7 Å². The molecule has 4 aromatic rings. The molecule has 0 unspecified atom stereocenters. The van der Waals surface area contributed by atoms with Gasteiger partial charge in [0.2, 0.25) is 0 Å². The molecule has 0 atom stereocenters. The minimum Gasteiger partial charge on any atom is -0.351 e. The summed E-state index contributed by atoms with van der Waals surface area (Å²) in [6.07, 6.45) is 0. The highest BCUT2D eigenvalue weighted by Crippen LogP contribution is 2.26. The van der Waals surface area contributed by atoms with Crippen LogP contribution >= 0.6 is 0 Å². The zero-order valence-corrected chi connectivity index (χ0v) is 12.8. The van der Waals surface area contributed by atoms with Gasteiger partial charge in [0.1, 0.15) is 11.6 Å². The first-order valence-electron chi connectivity index (χ1n) is 7.53. The maximum atomic E-state index is 12.0. The lowest BCUT2D eigenvalue weighted by molar-refractivity contribution is 0.256. The van der Waals surface area contributed by atoms with Crippen molar-refractivity contribution in [1.29, 1.82) is 0 Å². The molecule has 24 heavy (non-hydrogen) atoms. The first-order valence-corrected chi connectivity index (χ1v) is 7.53. The maximum Gasteiger partial charge on any atom is 0.326 e. The van der Waals surface area contributed by atoms with Crippen LogP contribution in [-0.2, 0) is 0 Å². The van der Waals surface area contributed by atoms with E-state index in [1.54, 1.807) is 12.1 Å². The van der Waals surface area contributed by atoms with Gasteiger partial charge in [-0.3, -0.25) is 0 Å². The van der Waals surface area contributed by atoms with Crippen molar-refractivity contribution in [2.45, 2.75) is 0 Å². The molecule has 4 rings (SSSR count). The molecule has 0 spiro atoms. The summed E-state index contributed by atoms with van der Waals surface area (Å²) >= 11 is 0. The number of benzene rings is 2. The van der Waals surface area contributed by atoms with Crippen molar-refractivity contribution in [3.05, 3.63) is 72.8 Å². The summed E-state index contributed by atoms with van der Waals surface area (Å²) < 4.78 is 0. The quantitative estimate of drug-likeness (QED) is 0.608. The first-order chi connectivity index (χ1) is 11.7. The van der Waals surface area contributed by atoms with Crippen LogP contribution in [0.2, 0.25) is 0 Å². The van der Waals surface area contributed by atoms with E-state index in [-0.39, 0.29) is 0 Å². The van der Waals surface area contributed by atoms with Gasteiger partial charge in [0.05, 0.1) is 11.0 Å². The number of fused-ring (bicyclic) bond motifs is 2. The third-order valence-electron chi connectivity index (χ3n) is 3.85. The molecule has 0 saturated heterocycles. The van der Waals surface area contributed by atoms with Crippen molar-refractivity contribution >= 4 is 39.5 Å². The first kappa shape index (κ1) is 14.1. The van der Waals surface area contributed by atoms with Crippen LogP contribution in [0.4, 0.5) is 16.4 Å². The molecule has 0 bridgehead atoms. The van der Waals surface area contributed by atoms with Crippen molar-refractivity contribution in [2.24, 2.45) is 5.73 Å². The zero-order chi connectivity index (χ0) is 16.5. The summed E-state index contributed by atoms with van der Waals surface area (Å²) in [6.45, 7) is 0. The molecule has 0 aliphatic carbocycles. The molecule has 2 N–H and O–H groups in total. The molecule has 5 nitrogen and oxygen atoms in total. The van der Waals surface area contributed by atoms with E-state index in [9.17, 15) is 4.79 Å². The van der Waals surface area contributed by atoms with Gasteiger partial charge in [0.15, 0.2) is 0 Å². The number of carbonyl (C=O) groups excluding carboxylic acids is 1. The Bertz CT molecular complexity index is 982. The zero-order valence-electron chi connectivity index (χ0n) is 12.8. The van der Waals surface area contributed by atoms with Crippen LogP contribution in [-0.4, -0.2) is 16.0 Å². The number of nitrogens with zero attached hydrogens (tertiary/aromatic N) is 3. The number of anilines is 2. The number of amides is 2. The minimum absolute atomic E-state index is 0.448. The molecular formula is C19H14N4O. The number of aromatic nitrogens is 2. The molecule has 0 fully saturated rings. The van der Waals surface area contributed by atoms with Crippen LogP contribution in [0.1, 0.15) is 0 Å². The number of primary amides is 1. The summed E-state index contributed by atoms with van der Waals surface area (Å²) in [5.74, 6) is 0.896. The van der Waals surface area contributed by atoms with Gasteiger partial charge in [0, 0.05) is 10.8 Å². The molecule has 2 heterocycles. The number of hydrogen-bond donors (Lipinski definition) is 1. The second-order valence-corrected chi connectivity index (χ2v) is 5.40. The molecule has 0 aliphatic heterocycles. The van der Waals surface area contributed by atoms with Crippen LogP contribution in [0.25, 0.3) is 21.8 Å². The summed E-state index contributed by atoms with van der Waals surface area (Å²) in [7, 11) is 0. The molecule has 116 valence electrons. The monoisotopic (exact) mass is 314 g/mol. The molecule has 5 heteroatoms. The molecule has 2 amide bonds. The number of urea groups is 1. The predicted octanol–water partition coefficient (Wildman–Crippen LogP) is 4.00. The Kier molecular flexibility index (Phi) is 3.31. The fraction of sp³-hybridized carbons (Fsp3) is 0. The van der Waals surface area contributed by atoms with Crippen molar-refractivity contribution < 1.29 is 4.79 Å². The van der Waals surface area contributed by atoms with Gasteiger partial charge in [-0.15, -0.1) is 0 Å². The fourth-order valence-corrected chi connectivity index (χ4v) is 2.70. The van der Waals surface area contributed by atoms with E-state index in [0.717, 1.165) is 21.8 Å². The van der Waals surface area contributed by atoms with E-state index in [2.05, 4.69) is 9.97 Å². The second-order valence-electron chi connectivity index (χ2n) is 5.40. The average Bonchev–Trinajstić information content (AvgIpc) is 2.61. The van der Waals surface area contributed by atoms with Crippen LogP contribution in [0.3, 0.4) is 0 Å². The standard InChI is InChI=1S/C19H14N4O/c20-19(24)23(17-11-9-13-5-1-3-7-15(13)21-17)18-12-10-14-6-2-4-8-16(14)22-18/h1-12H,(H2,20,24). The van der Waals surface area contributed by atoms with Crippen LogP contribution in [0.5, 0.6) is 0 Å². The Hall–Kier alpha value is -3.47. The number of para-hydroxylation sites is 2. The summed E-state index contributed by atoms with van der Waals surface area (Å²) in [5, 5.41) is 1.99. The average molecular weight is 314 g/mol. The van der Waals surface area contributed by atoms with Gasteiger partial charge in [-0.1, -0.05) is 36.4 Å². The van der Waals surface area contributed by atoms with E-state index in [1.807, 2.05) is 60.7 Å². The smallest absolute Gasteiger partial charge is 0.326 e. The number of nitrogens with two attached hydrogens (primary N) is 1. The van der Waals surface area contributed by atoms with Crippen molar-refractivity contribution in [3.8, 4) is 0 Å². The van der Waals surface area contributed by atoms with Gasteiger partial charge < -0.3 is 5.73 Å². The van der Waals surface area contributed by atoms with Crippen LogP contribution < -0.4 is 10.6 Å². The van der Waals surface area contributed by atoms with E-state index in [4.69, 9.17) is 5.73 Å². The fourth-order valence-electron chi connectivity index (χ4n) is 2.70. The Morgan fingerprint density at radius 3 is 1.62 bits per heavy atom. The number of rotatable bonds is 2. The lowest BCUT2D eigenvalue weighted by atomic mass is 10.2. The lowest BCUT2D eigenvalue weighted by Crippen LogP contribution is -2.32. The SMILES string of the molecule is NC(=O)N(c1ccc2ccccc2n1)c1ccc2ccccc2n1. The lowest BCUT2D eigenvalue weighted by Gasteiger charge is -2.19. The number of pyridine rings is 2. The van der Waals surface area contributed by atoms with Gasteiger partial charge >= 0.3 is 6.03 Å². The minimum atomic E-state index is -0.624. The van der Waals surface area contributed by atoms with Crippen molar-refractivity contribution in [2.75, 3.05) is 4.90 Å². The Balaban J connectivity index is 1.86. The Labute approximate surface area is 138 Å². The molecule has 0 radical (unpaired) electrons. The van der Waals surface area contributed by atoms with Gasteiger partial charge in [-0.2, -0.15) is 0 Å². The summed E-state index contributed by atoms with van der Waals surface area (Å²) in [5.41, 5.74) is 7.18. The van der Waals surface area contributed by atoms with E-state index < -0.39 is 6.03 Å². The summed E-state index contributed by atoms with van der Waals surface area (Å²) in [4.78, 5) is 22.4. The molecule has 0 saturated carbocycles. The number of hydrogen-bond acceptors (Lipinski definition) is 3. The highest BCUT2D eigenvalue weighted by molar-refractivity contribution is 5.98. The van der Waals surface area contributed by atoms with E-state index in [0.29, 0.717) is 11.6 Å². The maximum absolute atomic E-state index is 12.0. The van der Waals surface area contributed by atoms with Gasteiger partial charge in [0.25, 0.3) is 0 Å². The summed E-state index contributed by atoms with van der Waals surface area (Å²) in [6, 6.07) is 22.2. The predicted molar refractivity (Wildman–Crippen MR) is 95.2 cm³/mol. The normalized spacial score (nSPS) is 10.8. The molecule has 2 aromatic heterocycles. The van der Waals surface area contributed by atoms with Crippen LogP contribution in [0, 0.1) is 0 Å². The highest BCUT2D eigenvalue weighted by atomic mass is 16.2. The molecule has 0 aliphatic rings. The van der Waals surface area contributed by atoms with Crippen molar-refractivity contribution in [1.82, 2.24) is 9.97 Å². The largest absolute Gasteiger partial charge is 0.351 e. The second kappa shape index (κ2) is 5.62. The van der Waals surface area contributed by atoms with Crippen molar-refractivity contribution in [3.63, 3.8) is 0 Å². The van der Waals surface area contributed by atoms with E-state index in [1.165, 1.54) is 4.90 Å². The van der Waals surface area contributed by atoms with Gasteiger partial charge in [-0.05, 0) is 36.4 Å². The topological polar surface area (TPSA) is 72.1 Å². The number of carbonyl (C=O) groups is 1. The van der Waals surface area contributed by atoms with E-state index >= 15 is 0 Å². The van der Waals surface area contributed by atoms with Crippen LogP contribution in [0.15, 0.2) is 72.8 Å². The third-order valence-corrected chi connectivity index (χ3v) is 3.85. The molecular weight excluding hydrogens is 300 g/mol.